The van der Waals surface area contributed by atoms with Gasteiger partial charge in [0.05, 0.1) is 16.7 Å². The van der Waals surface area contributed by atoms with Gasteiger partial charge >= 0.3 is 0 Å². The zero-order valence-corrected chi connectivity index (χ0v) is 23.9. The minimum Gasteiger partial charge on any atom is -0.489 e. The van der Waals surface area contributed by atoms with E-state index in [0.29, 0.717) is 6.04 Å². The van der Waals surface area contributed by atoms with Gasteiger partial charge in [0.25, 0.3) is 0 Å². The standard InChI is InChI=1S/C29H40N4OS2/c1-6-7-15-30-16-17-35-32-25-13-12-22-23(25)9-8-10-24(22)28-19-31-29(36-28)21-11-14-27(34-20(2)3)26(18-21)33(4)5/h8-11,14,18-20,25,30,32H,6-7,12-13,15-17H2,1-5H3. The third-order valence-corrected chi connectivity index (χ3v) is 8.34. The molecule has 194 valence electrons. The molecule has 4 rings (SSSR count). The van der Waals surface area contributed by atoms with Crippen molar-refractivity contribution < 1.29 is 4.74 Å². The molecule has 36 heavy (non-hydrogen) atoms. The van der Waals surface area contributed by atoms with E-state index in [2.05, 4.69) is 86.2 Å². The molecule has 0 saturated heterocycles. The van der Waals surface area contributed by atoms with Crippen LogP contribution in [0.1, 0.15) is 57.2 Å². The van der Waals surface area contributed by atoms with Crippen molar-refractivity contribution in [2.75, 3.05) is 37.8 Å². The van der Waals surface area contributed by atoms with Gasteiger partial charge in [0.2, 0.25) is 0 Å². The number of hydrogen-bond acceptors (Lipinski definition) is 7. The van der Waals surface area contributed by atoms with Crippen LogP contribution in [0, 0.1) is 0 Å². The highest BCUT2D eigenvalue weighted by molar-refractivity contribution is 7.97. The third kappa shape index (κ3) is 6.62. The fourth-order valence-corrected chi connectivity index (χ4v) is 6.38. The number of anilines is 1. The van der Waals surface area contributed by atoms with Crippen LogP contribution in [0.3, 0.4) is 0 Å². The summed E-state index contributed by atoms with van der Waals surface area (Å²) in [5.74, 6) is 1.99. The van der Waals surface area contributed by atoms with Gasteiger partial charge < -0.3 is 15.0 Å². The molecule has 1 atom stereocenters. The number of nitrogens with zero attached hydrogens (tertiary/aromatic N) is 2. The molecule has 5 nitrogen and oxygen atoms in total. The molecule has 0 radical (unpaired) electrons. The van der Waals surface area contributed by atoms with Crippen molar-refractivity contribution in [2.45, 2.75) is 58.6 Å². The summed E-state index contributed by atoms with van der Waals surface area (Å²) in [6, 6.07) is 13.5. The largest absolute Gasteiger partial charge is 0.489 e. The molecular formula is C29H40N4OS2. The summed E-state index contributed by atoms with van der Waals surface area (Å²) >= 11 is 3.62. The molecule has 1 unspecified atom stereocenters. The Morgan fingerprint density at radius 2 is 2.06 bits per heavy atom. The van der Waals surface area contributed by atoms with Gasteiger partial charge in [0.1, 0.15) is 10.8 Å². The van der Waals surface area contributed by atoms with E-state index in [1.807, 2.05) is 18.1 Å². The minimum atomic E-state index is 0.139. The molecule has 1 aliphatic carbocycles. The first-order valence-electron chi connectivity index (χ1n) is 13.1. The van der Waals surface area contributed by atoms with Crippen molar-refractivity contribution in [3.05, 3.63) is 53.7 Å². The van der Waals surface area contributed by atoms with Crippen LogP contribution in [0.4, 0.5) is 5.69 Å². The van der Waals surface area contributed by atoms with Crippen molar-refractivity contribution in [3.8, 4) is 26.8 Å². The summed E-state index contributed by atoms with van der Waals surface area (Å²) in [5.41, 5.74) is 6.45. The predicted octanol–water partition coefficient (Wildman–Crippen LogP) is 6.95. The summed E-state index contributed by atoms with van der Waals surface area (Å²) in [6.45, 7) is 8.53. The molecule has 7 heteroatoms. The predicted molar refractivity (Wildman–Crippen MR) is 158 cm³/mol. The number of ether oxygens (including phenoxy) is 1. The van der Waals surface area contributed by atoms with Crippen LogP contribution in [-0.4, -0.2) is 44.0 Å². The van der Waals surface area contributed by atoms with Crippen LogP contribution >= 0.6 is 23.3 Å². The zero-order valence-electron chi connectivity index (χ0n) is 22.3. The van der Waals surface area contributed by atoms with Gasteiger partial charge in [0.15, 0.2) is 0 Å². The van der Waals surface area contributed by atoms with Crippen LogP contribution < -0.4 is 19.7 Å². The number of hydrogen-bond donors (Lipinski definition) is 2. The molecule has 0 saturated carbocycles. The van der Waals surface area contributed by atoms with E-state index in [4.69, 9.17) is 9.72 Å². The topological polar surface area (TPSA) is 49.4 Å². The Balaban J connectivity index is 1.46. The molecule has 0 bridgehead atoms. The monoisotopic (exact) mass is 524 g/mol. The smallest absolute Gasteiger partial charge is 0.143 e. The van der Waals surface area contributed by atoms with Gasteiger partial charge in [-0.1, -0.05) is 43.5 Å². The molecule has 0 aliphatic heterocycles. The Bertz CT molecular complexity index is 1130. The summed E-state index contributed by atoms with van der Waals surface area (Å²) in [4.78, 5) is 8.17. The Labute approximate surface area is 225 Å². The second kappa shape index (κ2) is 13.0. The summed E-state index contributed by atoms with van der Waals surface area (Å²) in [7, 11) is 4.11. The molecule has 2 N–H and O–H groups in total. The first-order chi connectivity index (χ1) is 17.5. The van der Waals surface area contributed by atoms with E-state index in [0.717, 1.165) is 53.7 Å². The lowest BCUT2D eigenvalue weighted by molar-refractivity contribution is 0.243. The molecule has 0 amide bonds. The quantitative estimate of drug-likeness (QED) is 0.186. The molecule has 1 heterocycles. The van der Waals surface area contributed by atoms with Crippen LogP contribution in [0.5, 0.6) is 5.75 Å². The highest BCUT2D eigenvalue weighted by Crippen LogP contribution is 2.42. The Morgan fingerprint density at radius 1 is 1.19 bits per heavy atom. The maximum absolute atomic E-state index is 6.02. The van der Waals surface area contributed by atoms with Crippen LogP contribution in [0.15, 0.2) is 42.6 Å². The number of unbranched alkanes of at least 4 members (excludes halogenated alkanes) is 1. The average Bonchev–Trinajstić information content (AvgIpc) is 3.51. The molecule has 2 aromatic carbocycles. The molecule has 0 fully saturated rings. The number of benzene rings is 2. The maximum Gasteiger partial charge on any atom is 0.143 e. The van der Waals surface area contributed by atoms with E-state index in [1.165, 1.54) is 34.4 Å². The fourth-order valence-electron chi connectivity index (χ4n) is 4.60. The SMILES string of the molecule is CCCCNCCSNC1CCc2c(-c3cnc(-c4ccc(OC(C)C)c(N(C)C)c4)s3)cccc21. The lowest BCUT2D eigenvalue weighted by atomic mass is 10.0. The van der Waals surface area contributed by atoms with Gasteiger partial charge in [0, 0.05) is 44.2 Å². The van der Waals surface area contributed by atoms with Crippen molar-refractivity contribution in [1.82, 2.24) is 15.0 Å². The van der Waals surface area contributed by atoms with Crippen molar-refractivity contribution in [2.24, 2.45) is 0 Å². The third-order valence-electron chi connectivity index (χ3n) is 6.41. The molecule has 0 spiro atoms. The van der Waals surface area contributed by atoms with Crippen LogP contribution in [0.2, 0.25) is 0 Å². The molecule has 1 aromatic heterocycles. The second-order valence-electron chi connectivity index (χ2n) is 9.81. The van der Waals surface area contributed by atoms with E-state index in [-0.39, 0.29) is 6.10 Å². The first kappa shape index (κ1) is 27.0. The van der Waals surface area contributed by atoms with Crippen molar-refractivity contribution in [3.63, 3.8) is 0 Å². The van der Waals surface area contributed by atoms with E-state index in [1.54, 1.807) is 11.3 Å². The molecule has 1 aliphatic rings. The highest BCUT2D eigenvalue weighted by Gasteiger charge is 2.25. The average molecular weight is 525 g/mol. The molecular weight excluding hydrogens is 484 g/mol. The number of thiazole rings is 1. The lowest BCUT2D eigenvalue weighted by Crippen LogP contribution is -2.20. The zero-order chi connectivity index (χ0) is 25.5. The van der Waals surface area contributed by atoms with Crippen molar-refractivity contribution >= 4 is 29.0 Å². The number of fused-ring (bicyclic) bond motifs is 1. The Kier molecular flexibility index (Phi) is 9.71. The highest BCUT2D eigenvalue weighted by atomic mass is 32.2. The summed E-state index contributed by atoms with van der Waals surface area (Å²) in [6.07, 6.45) is 6.94. The van der Waals surface area contributed by atoms with E-state index >= 15 is 0 Å². The maximum atomic E-state index is 6.02. The van der Waals surface area contributed by atoms with E-state index < -0.39 is 0 Å². The summed E-state index contributed by atoms with van der Waals surface area (Å²) < 4.78 is 9.74. The van der Waals surface area contributed by atoms with Crippen LogP contribution in [0.25, 0.3) is 21.0 Å². The van der Waals surface area contributed by atoms with E-state index in [9.17, 15) is 0 Å². The number of nitrogens with one attached hydrogen (secondary N) is 2. The first-order valence-corrected chi connectivity index (χ1v) is 14.9. The van der Waals surface area contributed by atoms with Gasteiger partial charge in [-0.3, -0.25) is 4.72 Å². The van der Waals surface area contributed by atoms with Crippen LogP contribution in [-0.2, 0) is 6.42 Å². The minimum absolute atomic E-state index is 0.139. The Morgan fingerprint density at radius 3 is 2.83 bits per heavy atom. The lowest BCUT2D eigenvalue weighted by Gasteiger charge is -2.20. The Hall–Kier alpha value is -2.06. The summed E-state index contributed by atoms with van der Waals surface area (Å²) in [5, 5.41) is 4.56. The van der Waals surface area contributed by atoms with Gasteiger partial charge in [-0.25, -0.2) is 4.98 Å². The number of rotatable bonds is 13. The molecule has 3 aromatic rings. The second-order valence-corrected chi connectivity index (χ2v) is 11.8. The van der Waals surface area contributed by atoms with Gasteiger partial charge in [-0.2, -0.15) is 0 Å². The number of aromatic nitrogens is 1. The van der Waals surface area contributed by atoms with Gasteiger partial charge in [-0.05, 0) is 74.5 Å². The normalized spacial score (nSPS) is 14.9. The van der Waals surface area contributed by atoms with Crippen molar-refractivity contribution in [1.29, 1.82) is 0 Å². The van der Waals surface area contributed by atoms with Gasteiger partial charge in [-0.15, -0.1) is 11.3 Å². The fraction of sp³-hybridized carbons (Fsp3) is 0.483.